The Balaban J connectivity index is 3.89. The van der Waals surface area contributed by atoms with E-state index in [1.807, 2.05) is 21.1 Å². The molecule has 0 rings (SSSR count). The fraction of sp³-hybridized carbons (Fsp3) is 0.667. The molecule has 0 aliphatic heterocycles. The van der Waals surface area contributed by atoms with Gasteiger partial charge in [0.2, 0.25) is 0 Å². The van der Waals surface area contributed by atoms with Gasteiger partial charge in [-0.05, 0) is 6.92 Å². The third kappa shape index (κ3) is 5.50. The van der Waals surface area contributed by atoms with Crippen LogP contribution in [0.1, 0.15) is 6.92 Å². The maximum atomic E-state index is 10.4. The van der Waals surface area contributed by atoms with Crippen molar-refractivity contribution in [3.05, 3.63) is 12.0 Å². The number of nitrogens with zero attached hydrogens (tertiary/aromatic N) is 1. The molecule has 8 heavy (non-hydrogen) atoms. The molecule has 0 aromatic rings. The van der Waals surface area contributed by atoms with Gasteiger partial charge in [-0.1, -0.05) is 5.76 Å². The van der Waals surface area contributed by atoms with E-state index in [0.717, 1.165) is 0 Å². The largest absolute Gasteiger partial charge is 0.872 e. The van der Waals surface area contributed by atoms with Gasteiger partial charge >= 0.3 is 0 Å². The van der Waals surface area contributed by atoms with Crippen molar-refractivity contribution in [2.24, 2.45) is 0 Å². The molecule has 0 N–H and O–H groups in total. The van der Waals surface area contributed by atoms with Gasteiger partial charge < -0.3 is 9.59 Å². The summed E-state index contributed by atoms with van der Waals surface area (Å²) in [6.07, 6.45) is 1.65. The van der Waals surface area contributed by atoms with Crippen molar-refractivity contribution in [3.8, 4) is 0 Å². The standard InChI is InChI=1S/C6H13NO/c1-6(8)5-7(2,3)4/h5H,1-4H3. The van der Waals surface area contributed by atoms with Crippen LogP contribution in [0.4, 0.5) is 0 Å². The van der Waals surface area contributed by atoms with Crippen LogP contribution in [0.2, 0.25) is 0 Å². The molecule has 0 aromatic heterocycles. The molecule has 0 bridgehead atoms. The van der Waals surface area contributed by atoms with E-state index >= 15 is 0 Å². The molecule has 48 valence electrons. The quantitative estimate of drug-likeness (QED) is 0.346. The van der Waals surface area contributed by atoms with E-state index in [9.17, 15) is 5.11 Å². The molecule has 0 aliphatic carbocycles. The van der Waals surface area contributed by atoms with Crippen molar-refractivity contribution in [2.75, 3.05) is 21.1 Å². The zero-order chi connectivity index (χ0) is 6.78. The van der Waals surface area contributed by atoms with Gasteiger partial charge in [-0.2, -0.15) is 0 Å². The van der Waals surface area contributed by atoms with Crippen LogP contribution >= 0.6 is 0 Å². The zero-order valence-corrected chi connectivity index (χ0v) is 5.93. The van der Waals surface area contributed by atoms with Crippen LogP contribution in [0.5, 0.6) is 0 Å². The molecule has 0 saturated carbocycles. The Morgan fingerprint density at radius 1 is 1.38 bits per heavy atom. The smallest absolute Gasteiger partial charge is 0.0829 e. The lowest BCUT2D eigenvalue weighted by Gasteiger charge is -2.20. The molecule has 0 aromatic carbocycles. The molecule has 0 unspecified atom stereocenters. The third-order valence-electron chi connectivity index (χ3n) is 0.569. The molecule has 0 saturated heterocycles. The fourth-order valence-electron chi connectivity index (χ4n) is 0.545. The van der Waals surface area contributed by atoms with Gasteiger partial charge in [-0.15, -0.1) is 0 Å². The molecular weight excluding hydrogens is 102 g/mol. The van der Waals surface area contributed by atoms with Crippen molar-refractivity contribution in [3.63, 3.8) is 0 Å². The van der Waals surface area contributed by atoms with Gasteiger partial charge in [-0.25, -0.2) is 0 Å². The molecule has 0 spiro atoms. The summed E-state index contributed by atoms with van der Waals surface area (Å²) >= 11 is 0. The summed E-state index contributed by atoms with van der Waals surface area (Å²) in [5, 5.41) is 10.4. The highest BCUT2D eigenvalue weighted by Crippen LogP contribution is 1.92. The van der Waals surface area contributed by atoms with E-state index in [4.69, 9.17) is 0 Å². The number of rotatable bonds is 1. The Morgan fingerprint density at radius 3 is 1.75 bits per heavy atom. The van der Waals surface area contributed by atoms with Crippen molar-refractivity contribution in [1.29, 1.82) is 0 Å². The number of allylic oxidation sites excluding steroid dienone is 1. The Bertz CT molecular complexity index is 95.6. The van der Waals surface area contributed by atoms with Crippen molar-refractivity contribution >= 4 is 0 Å². The molecule has 0 fully saturated rings. The Labute approximate surface area is 50.6 Å². The SMILES string of the molecule is CC([O-])=C[N+](C)(C)C. The van der Waals surface area contributed by atoms with Crippen LogP contribution in [0.3, 0.4) is 0 Å². The summed E-state index contributed by atoms with van der Waals surface area (Å²) in [5.41, 5.74) is 0. The Morgan fingerprint density at radius 2 is 1.75 bits per heavy atom. The zero-order valence-electron chi connectivity index (χ0n) is 5.93. The van der Waals surface area contributed by atoms with E-state index in [2.05, 4.69) is 0 Å². The second-order valence-corrected chi connectivity index (χ2v) is 2.86. The molecular formula is C6H13NO. The second-order valence-electron chi connectivity index (χ2n) is 2.86. The summed E-state index contributed by atoms with van der Waals surface area (Å²) in [6, 6.07) is 0. The van der Waals surface area contributed by atoms with Crippen LogP contribution in [-0.2, 0) is 0 Å². The monoisotopic (exact) mass is 115 g/mol. The van der Waals surface area contributed by atoms with Crippen molar-refractivity contribution in [1.82, 2.24) is 0 Å². The normalized spacial score (nSPS) is 14.2. The molecule has 0 radical (unpaired) electrons. The first-order valence-electron chi connectivity index (χ1n) is 2.59. The van der Waals surface area contributed by atoms with E-state index in [-0.39, 0.29) is 5.76 Å². The highest BCUT2D eigenvalue weighted by Gasteiger charge is 1.97. The number of hydrogen-bond donors (Lipinski definition) is 0. The van der Waals surface area contributed by atoms with Crippen LogP contribution in [-0.4, -0.2) is 25.6 Å². The summed E-state index contributed by atoms with van der Waals surface area (Å²) in [7, 11) is 5.84. The number of hydrogen-bond acceptors (Lipinski definition) is 1. The van der Waals surface area contributed by atoms with E-state index in [1.54, 1.807) is 13.1 Å². The third-order valence-corrected chi connectivity index (χ3v) is 0.569. The van der Waals surface area contributed by atoms with Gasteiger partial charge in [0.15, 0.2) is 0 Å². The summed E-state index contributed by atoms with van der Waals surface area (Å²) in [4.78, 5) is 0. The average Bonchev–Trinajstić information content (AvgIpc) is 1.21. The molecule has 0 amide bonds. The summed E-state index contributed by atoms with van der Waals surface area (Å²) in [5.74, 6) is 0.123. The maximum Gasteiger partial charge on any atom is 0.0829 e. The molecule has 2 nitrogen and oxygen atoms in total. The lowest BCUT2D eigenvalue weighted by molar-refractivity contribution is -0.819. The van der Waals surface area contributed by atoms with E-state index < -0.39 is 0 Å². The minimum Gasteiger partial charge on any atom is -0.872 e. The first-order valence-corrected chi connectivity index (χ1v) is 2.59. The van der Waals surface area contributed by atoms with Gasteiger partial charge in [0.05, 0.1) is 27.3 Å². The maximum absolute atomic E-state index is 10.4. The first-order chi connectivity index (χ1) is 3.42. The lowest BCUT2D eigenvalue weighted by Crippen LogP contribution is -2.28. The molecule has 0 heterocycles. The van der Waals surface area contributed by atoms with Crippen LogP contribution in [0.25, 0.3) is 0 Å². The Kier molecular flexibility index (Phi) is 2.04. The molecule has 0 atom stereocenters. The van der Waals surface area contributed by atoms with E-state index in [0.29, 0.717) is 4.48 Å². The minimum absolute atomic E-state index is 0.123. The van der Waals surface area contributed by atoms with Gasteiger partial charge in [0.25, 0.3) is 0 Å². The highest BCUT2D eigenvalue weighted by molar-refractivity contribution is 4.74. The van der Waals surface area contributed by atoms with E-state index in [1.165, 1.54) is 0 Å². The highest BCUT2D eigenvalue weighted by atomic mass is 16.3. The lowest BCUT2D eigenvalue weighted by atomic mass is 10.5. The summed E-state index contributed by atoms with van der Waals surface area (Å²) < 4.78 is 0.606. The minimum atomic E-state index is 0.123. The predicted molar refractivity (Wildman–Crippen MR) is 31.8 cm³/mol. The van der Waals surface area contributed by atoms with Crippen LogP contribution in [0, 0.1) is 0 Å². The van der Waals surface area contributed by atoms with Gasteiger partial charge in [-0.3, -0.25) is 0 Å². The molecule has 2 heteroatoms. The topological polar surface area (TPSA) is 23.1 Å². The number of quaternary nitrogens is 1. The van der Waals surface area contributed by atoms with Crippen LogP contribution < -0.4 is 5.11 Å². The summed E-state index contributed by atoms with van der Waals surface area (Å²) in [6.45, 7) is 1.56. The average molecular weight is 115 g/mol. The van der Waals surface area contributed by atoms with Crippen molar-refractivity contribution in [2.45, 2.75) is 6.92 Å². The van der Waals surface area contributed by atoms with Gasteiger partial charge in [0, 0.05) is 0 Å². The fourth-order valence-corrected chi connectivity index (χ4v) is 0.545. The predicted octanol–water partition coefficient (Wildman–Crippen LogP) is -0.0858. The molecule has 0 aliphatic rings. The second kappa shape index (κ2) is 2.18. The Hall–Kier alpha value is -0.500. The van der Waals surface area contributed by atoms with Crippen LogP contribution in [0.15, 0.2) is 12.0 Å². The van der Waals surface area contributed by atoms with Gasteiger partial charge in [0.1, 0.15) is 0 Å². The van der Waals surface area contributed by atoms with Crippen molar-refractivity contribution < 1.29 is 9.59 Å². The first kappa shape index (κ1) is 7.50.